The molecule has 1 aromatic carbocycles. The lowest BCUT2D eigenvalue weighted by Crippen LogP contribution is -2.45. The second-order valence-corrected chi connectivity index (χ2v) is 5.29. The summed E-state index contributed by atoms with van der Waals surface area (Å²) in [4.78, 5) is 2.26. The van der Waals surface area contributed by atoms with E-state index in [9.17, 15) is 9.50 Å². The number of aromatic hydroxyl groups is 1. The molecule has 21 heavy (non-hydrogen) atoms. The third-order valence-electron chi connectivity index (χ3n) is 3.60. The second kappa shape index (κ2) is 9.70. The molecule has 1 aliphatic heterocycles. The fourth-order valence-electron chi connectivity index (χ4n) is 2.65. The number of hydrogen-bond donors (Lipinski definition) is 2. The van der Waals surface area contributed by atoms with E-state index in [1.807, 2.05) is 0 Å². The molecule has 122 valence electrons. The number of nitrogens with one attached hydrogen (secondary N) is 1. The fraction of sp³-hybridized carbons (Fsp3) is 0.571. The van der Waals surface area contributed by atoms with Crippen molar-refractivity contribution in [2.75, 3.05) is 26.2 Å². The van der Waals surface area contributed by atoms with Crippen molar-refractivity contribution in [2.45, 2.75) is 25.8 Å². The topological polar surface area (TPSA) is 35.5 Å². The number of nitrogens with zero attached hydrogens (tertiary/aromatic N) is 1. The number of piperazine rings is 1. The lowest BCUT2D eigenvalue weighted by molar-refractivity contribution is 0.161. The molecule has 1 heterocycles. The Hall–Kier alpha value is -0.260. The summed E-state index contributed by atoms with van der Waals surface area (Å²) >= 11 is 6.18. The first-order valence-electron chi connectivity index (χ1n) is 6.76. The van der Waals surface area contributed by atoms with Crippen LogP contribution in [0.15, 0.2) is 12.1 Å². The first-order chi connectivity index (χ1) is 9.15. The van der Waals surface area contributed by atoms with Gasteiger partial charge in [0.2, 0.25) is 0 Å². The van der Waals surface area contributed by atoms with Crippen LogP contribution in [0.5, 0.6) is 5.75 Å². The SMILES string of the molecule is CCC[C@H](c1c(Cl)ccc(F)c1O)N1CCNCC1.Cl.Cl. The third kappa shape index (κ3) is 4.86. The van der Waals surface area contributed by atoms with Crippen LogP contribution >= 0.6 is 36.4 Å². The van der Waals surface area contributed by atoms with Gasteiger partial charge in [-0.2, -0.15) is 0 Å². The van der Waals surface area contributed by atoms with Gasteiger partial charge in [0, 0.05) is 42.8 Å². The highest BCUT2D eigenvalue weighted by Gasteiger charge is 2.27. The summed E-state index contributed by atoms with van der Waals surface area (Å²) in [5, 5.41) is 13.7. The monoisotopic (exact) mass is 358 g/mol. The van der Waals surface area contributed by atoms with Crippen molar-refractivity contribution in [3.05, 3.63) is 28.5 Å². The number of rotatable bonds is 4. The van der Waals surface area contributed by atoms with Gasteiger partial charge < -0.3 is 10.4 Å². The van der Waals surface area contributed by atoms with Crippen molar-refractivity contribution in [3.63, 3.8) is 0 Å². The van der Waals surface area contributed by atoms with Gasteiger partial charge in [-0.25, -0.2) is 4.39 Å². The molecule has 0 aromatic heterocycles. The molecule has 3 nitrogen and oxygen atoms in total. The maximum absolute atomic E-state index is 13.6. The van der Waals surface area contributed by atoms with Crippen LogP contribution in [0.3, 0.4) is 0 Å². The molecule has 1 atom stereocenters. The van der Waals surface area contributed by atoms with E-state index < -0.39 is 5.82 Å². The minimum absolute atomic E-state index is 0. The van der Waals surface area contributed by atoms with E-state index >= 15 is 0 Å². The Balaban J connectivity index is 0.00000200. The van der Waals surface area contributed by atoms with Crippen LogP contribution in [-0.2, 0) is 0 Å². The summed E-state index contributed by atoms with van der Waals surface area (Å²) in [6.07, 6.45) is 1.82. The maximum Gasteiger partial charge on any atom is 0.165 e. The molecule has 0 amide bonds. The zero-order valence-corrected chi connectivity index (χ0v) is 14.3. The Labute approximate surface area is 142 Å². The predicted octanol–water partition coefficient (Wildman–Crippen LogP) is 3.77. The van der Waals surface area contributed by atoms with E-state index in [1.54, 1.807) is 0 Å². The average Bonchev–Trinajstić information content (AvgIpc) is 2.43. The van der Waals surface area contributed by atoms with Gasteiger partial charge in [0.1, 0.15) is 0 Å². The lowest BCUT2D eigenvalue weighted by atomic mass is 9.98. The standard InChI is InChI=1S/C14H20ClFN2O.2ClH/c1-2-3-12(18-8-6-17-7-9-18)13-10(15)4-5-11(16)14(13)19;;/h4-5,12,17,19H,2-3,6-9H2,1H3;2*1H/t12-;;/m1../s1. The molecule has 1 saturated heterocycles. The Bertz CT molecular complexity index is 442. The number of halogens is 4. The zero-order valence-electron chi connectivity index (χ0n) is 11.9. The van der Waals surface area contributed by atoms with Gasteiger partial charge in [-0.1, -0.05) is 24.9 Å². The number of phenols is 1. The molecule has 0 bridgehead atoms. The number of phenolic OH excluding ortho intramolecular Hbond substituents is 1. The highest BCUT2D eigenvalue weighted by molar-refractivity contribution is 6.31. The van der Waals surface area contributed by atoms with Gasteiger partial charge >= 0.3 is 0 Å². The zero-order chi connectivity index (χ0) is 13.8. The summed E-state index contributed by atoms with van der Waals surface area (Å²) < 4.78 is 13.6. The molecule has 0 spiro atoms. The molecule has 2 N–H and O–H groups in total. The van der Waals surface area contributed by atoms with E-state index in [0.717, 1.165) is 39.0 Å². The van der Waals surface area contributed by atoms with Gasteiger partial charge in [-0.15, -0.1) is 24.8 Å². The summed E-state index contributed by atoms with van der Waals surface area (Å²) in [5.74, 6) is -0.903. The van der Waals surface area contributed by atoms with Gasteiger partial charge in [0.05, 0.1) is 0 Å². The van der Waals surface area contributed by atoms with Crippen LogP contribution in [0.2, 0.25) is 5.02 Å². The predicted molar refractivity (Wildman–Crippen MR) is 89.7 cm³/mol. The number of hydrogen-bond acceptors (Lipinski definition) is 3. The Kier molecular flexibility index (Phi) is 9.58. The summed E-state index contributed by atoms with van der Waals surface area (Å²) in [7, 11) is 0. The molecule has 0 saturated carbocycles. The van der Waals surface area contributed by atoms with Gasteiger partial charge in [0.15, 0.2) is 11.6 Å². The van der Waals surface area contributed by atoms with E-state index in [0.29, 0.717) is 10.6 Å². The molecule has 1 aliphatic rings. The van der Waals surface area contributed by atoms with Crippen molar-refractivity contribution in [1.82, 2.24) is 10.2 Å². The second-order valence-electron chi connectivity index (χ2n) is 4.88. The van der Waals surface area contributed by atoms with Crippen LogP contribution in [0.4, 0.5) is 4.39 Å². The molecule has 0 aliphatic carbocycles. The summed E-state index contributed by atoms with van der Waals surface area (Å²) in [6.45, 7) is 5.68. The van der Waals surface area contributed by atoms with Crippen LogP contribution in [-0.4, -0.2) is 36.2 Å². The first-order valence-corrected chi connectivity index (χ1v) is 7.14. The van der Waals surface area contributed by atoms with Crippen molar-refractivity contribution in [2.24, 2.45) is 0 Å². The molecule has 1 fully saturated rings. The average molecular weight is 360 g/mol. The van der Waals surface area contributed by atoms with E-state index in [1.165, 1.54) is 12.1 Å². The molecule has 1 aromatic rings. The maximum atomic E-state index is 13.6. The van der Waals surface area contributed by atoms with E-state index in [4.69, 9.17) is 11.6 Å². The quantitative estimate of drug-likeness (QED) is 0.859. The van der Waals surface area contributed by atoms with Gasteiger partial charge in [-0.05, 0) is 18.6 Å². The summed E-state index contributed by atoms with van der Waals surface area (Å²) in [6, 6.07) is 2.72. The largest absolute Gasteiger partial charge is 0.505 e. The lowest BCUT2D eigenvalue weighted by Gasteiger charge is -2.35. The highest BCUT2D eigenvalue weighted by Crippen LogP contribution is 2.38. The molecule has 7 heteroatoms. The van der Waals surface area contributed by atoms with Crippen molar-refractivity contribution >= 4 is 36.4 Å². The molecule has 2 rings (SSSR count). The van der Waals surface area contributed by atoms with Crippen LogP contribution < -0.4 is 5.32 Å². The Morgan fingerprint density at radius 2 is 1.95 bits per heavy atom. The minimum Gasteiger partial charge on any atom is -0.505 e. The van der Waals surface area contributed by atoms with Gasteiger partial charge in [-0.3, -0.25) is 4.90 Å². The summed E-state index contributed by atoms with van der Waals surface area (Å²) in [5.41, 5.74) is 0.533. The normalized spacial score (nSPS) is 16.7. The van der Waals surface area contributed by atoms with Crippen LogP contribution in [0, 0.1) is 5.82 Å². The Morgan fingerprint density at radius 3 is 2.52 bits per heavy atom. The Morgan fingerprint density at radius 1 is 1.33 bits per heavy atom. The smallest absolute Gasteiger partial charge is 0.165 e. The van der Waals surface area contributed by atoms with Gasteiger partial charge in [0.25, 0.3) is 0 Å². The van der Waals surface area contributed by atoms with Crippen molar-refractivity contribution in [1.29, 1.82) is 0 Å². The van der Waals surface area contributed by atoms with Crippen molar-refractivity contribution in [3.8, 4) is 5.75 Å². The molecular weight excluding hydrogens is 338 g/mol. The van der Waals surface area contributed by atoms with Crippen molar-refractivity contribution < 1.29 is 9.50 Å². The number of benzene rings is 1. The third-order valence-corrected chi connectivity index (χ3v) is 3.93. The van der Waals surface area contributed by atoms with Crippen LogP contribution in [0.25, 0.3) is 0 Å². The van der Waals surface area contributed by atoms with E-state index in [-0.39, 0.29) is 36.6 Å². The molecular formula is C14H22Cl3FN2O. The molecule has 0 radical (unpaired) electrons. The highest BCUT2D eigenvalue weighted by atomic mass is 35.5. The van der Waals surface area contributed by atoms with Crippen LogP contribution in [0.1, 0.15) is 31.4 Å². The fourth-order valence-corrected chi connectivity index (χ4v) is 2.93. The molecule has 0 unspecified atom stereocenters. The first kappa shape index (κ1) is 20.7. The minimum atomic E-state index is -0.601. The van der Waals surface area contributed by atoms with E-state index in [2.05, 4.69) is 17.1 Å².